The van der Waals surface area contributed by atoms with E-state index in [1.807, 2.05) is 13.0 Å². The number of nitrogens with zero attached hydrogens (tertiary/aromatic N) is 2. The molecule has 2 saturated heterocycles. The standard InChI is InChI=1S/C23H33N3O5/c1-3-29-21(27)17-5-4-10-26(14-17)22(24-2)25-15-23(8-11-28-12-9-23)18-6-7-19-20(13-18)31-16-30-19/h6-7,13,17H,3-5,8-12,14-16H2,1-2H3,(H,24,25). The molecule has 8 nitrogen and oxygen atoms in total. The van der Waals surface area contributed by atoms with Crippen LogP contribution in [0.15, 0.2) is 23.2 Å². The lowest BCUT2D eigenvalue weighted by Gasteiger charge is -2.40. The number of hydrogen-bond donors (Lipinski definition) is 1. The summed E-state index contributed by atoms with van der Waals surface area (Å²) >= 11 is 0. The molecule has 3 heterocycles. The third kappa shape index (κ3) is 4.74. The summed E-state index contributed by atoms with van der Waals surface area (Å²) in [5.41, 5.74) is 1.15. The van der Waals surface area contributed by atoms with Gasteiger partial charge in [-0.3, -0.25) is 9.79 Å². The molecule has 1 N–H and O–H groups in total. The first kappa shape index (κ1) is 21.7. The van der Waals surface area contributed by atoms with Gasteiger partial charge in [0.1, 0.15) is 0 Å². The van der Waals surface area contributed by atoms with E-state index in [0.29, 0.717) is 13.2 Å². The summed E-state index contributed by atoms with van der Waals surface area (Å²) in [6.45, 7) is 6.26. The lowest BCUT2D eigenvalue weighted by molar-refractivity contribution is -0.149. The normalized spacial score (nSPS) is 22.8. The molecule has 1 aromatic carbocycles. The molecule has 0 aromatic heterocycles. The number of piperidine rings is 1. The fourth-order valence-corrected chi connectivity index (χ4v) is 4.76. The molecule has 2 fully saturated rings. The molecule has 0 spiro atoms. The summed E-state index contributed by atoms with van der Waals surface area (Å²) in [5, 5.41) is 3.60. The van der Waals surface area contributed by atoms with Crippen LogP contribution in [0.2, 0.25) is 0 Å². The molecular weight excluding hydrogens is 398 g/mol. The number of likely N-dealkylation sites (tertiary alicyclic amines) is 1. The second kappa shape index (κ2) is 9.77. The maximum atomic E-state index is 12.2. The SMILES string of the molecule is CCOC(=O)C1CCCN(C(=NC)NCC2(c3ccc4c(c3)OCO4)CCOCC2)C1. The Morgan fingerprint density at radius 2 is 2.10 bits per heavy atom. The van der Waals surface area contributed by atoms with Crippen molar-refractivity contribution in [1.82, 2.24) is 10.2 Å². The number of esters is 1. The molecule has 8 heteroatoms. The van der Waals surface area contributed by atoms with Crippen LogP contribution in [-0.2, 0) is 19.7 Å². The molecule has 1 aromatic rings. The van der Waals surface area contributed by atoms with Crippen molar-refractivity contribution in [1.29, 1.82) is 0 Å². The Morgan fingerprint density at radius 1 is 1.29 bits per heavy atom. The van der Waals surface area contributed by atoms with E-state index in [4.69, 9.17) is 18.9 Å². The zero-order valence-electron chi connectivity index (χ0n) is 18.5. The van der Waals surface area contributed by atoms with Gasteiger partial charge in [0, 0.05) is 45.3 Å². The van der Waals surface area contributed by atoms with Gasteiger partial charge in [-0.25, -0.2) is 0 Å². The van der Waals surface area contributed by atoms with E-state index in [1.165, 1.54) is 5.56 Å². The predicted octanol–water partition coefficient (Wildman–Crippen LogP) is 2.31. The van der Waals surface area contributed by atoms with E-state index >= 15 is 0 Å². The topological polar surface area (TPSA) is 81.6 Å². The first-order valence-corrected chi connectivity index (χ1v) is 11.3. The first-order chi connectivity index (χ1) is 15.1. The van der Waals surface area contributed by atoms with Crippen molar-refractivity contribution in [2.75, 3.05) is 53.3 Å². The molecular formula is C23H33N3O5. The van der Waals surface area contributed by atoms with Crippen LogP contribution in [0.25, 0.3) is 0 Å². The van der Waals surface area contributed by atoms with Crippen molar-refractivity contribution in [3.63, 3.8) is 0 Å². The van der Waals surface area contributed by atoms with E-state index in [2.05, 4.69) is 27.3 Å². The molecule has 1 unspecified atom stereocenters. The Kier molecular flexibility index (Phi) is 6.85. The summed E-state index contributed by atoms with van der Waals surface area (Å²) in [6.07, 6.45) is 3.65. The Labute approximate surface area is 183 Å². The predicted molar refractivity (Wildman–Crippen MR) is 117 cm³/mol. The van der Waals surface area contributed by atoms with Crippen LogP contribution in [0.3, 0.4) is 0 Å². The number of rotatable bonds is 5. The zero-order chi connectivity index (χ0) is 21.7. The van der Waals surface area contributed by atoms with Crippen LogP contribution in [0.4, 0.5) is 0 Å². The maximum Gasteiger partial charge on any atom is 0.310 e. The molecule has 0 radical (unpaired) electrons. The van der Waals surface area contributed by atoms with Gasteiger partial charge in [-0.15, -0.1) is 0 Å². The van der Waals surface area contributed by atoms with E-state index in [-0.39, 0.29) is 24.1 Å². The van der Waals surface area contributed by atoms with E-state index in [0.717, 1.165) is 69.4 Å². The van der Waals surface area contributed by atoms with E-state index in [1.54, 1.807) is 7.05 Å². The summed E-state index contributed by atoms with van der Waals surface area (Å²) in [7, 11) is 1.80. The van der Waals surface area contributed by atoms with Crippen molar-refractivity contribution >= 4 is 11.9 Å². The van der Waals surface area contributed by atoms with Crippen molar-refractivity contribution in [2.45, 2.75) is 38.0 Å². The quantitative estimate of drug-likeness (QED) is 0.435. The number of hydrogen-bond acceptors (Lipinski definition) is 6. The smallest absolute Gasteiger partial charge is 0.310 e. The Hall–Kier alpha value is -2.48. The van der Waals surface area contributed by atoms with Crippen molar-refractivity contribution in [3.05, 3.63) is 23.8 Å². The molecule has 31 heavy (non-hydrogen) atoms. The monoisotopic (exact) mass is 431 g/mol. The van der Waals surface area contributed by atoms with E-state index < -0.39 is 0 Å². The Balaban J connectivity index is 1.47. The van der Waals surface area contributed by atoms with Crippen LogP contribution in [0.5, 0.6) is 11.5 Å². The minimum Gasteiger partial charge on any atom is -0.466 e. The maximum absolute atomic E-state index is 12.2. The molecule has 170 valence electrons. The summed E-state index contributed by atoms with van der Waals surface area (Å²) in [4.78, 5) is 18.9. The number of ether oxygens (including phenoxy) is 4. The van der Waals surface area contributed by atoms with Crippen LogP contribution in [-0.4, -0.2) is 70.1 Å². The highest BCUT2D eigenvalue weighted by atomic mass is 16.7. The fraction of sp³-hybridized carbons (Fsp3) is 0.652. The Bertz CT molecular complexity index is 806. The summed E-state index contributed by atoms with van der Waals surface area (Å²) in [5.74, 6) is 2.23. The number of fused-ring (bicyclic) bond motifs is 1. The molecule has 0 aliphatic carbocycles. The molecule has 3 aliphatic rings. The molecule has 0 amide bonds. The lowest BCUT2D eigenvalue weighted by Crippen LogP contribution is -2.52. The number of nitrogens with one attached hydrogen (secondary N) is 1. The second-order valence-electron chi connectivity index (χ2n) is 8.40. The van der Waals surface area contributed by atoms with Gasteiger partial charge in [0.15, 0.2) is 17.5 Å². The highest BCUT2D eigenvalue weighted by Gasteiger charge is 2.37. The number of aliphatic imine (C=N–C) groups is 1. The van der Waals surface area contributed by atoms with Gasteiger partial charge in [-0.1, -0.05) is 6.07 Å². The lowest BCUT2D eigenvalue weighted by atomic mass is 9.74. The van der Waals surface area contributed by atoms with Gasteiger partial charge >= 0.3 is 5.97 Å². The highest BCUT2D eigenvalue weighted by molar-refractivity contribution is 5.81. The van der Waals surface area contributed by atoms with Gasteiger partial charge in [0.25, 0.3) is 0 Å². The Morgan fingerprint density at radius 3 is 2.87 bits per heavy atom. The number of guanidine groups is 1. The third-order valence-electron chi connectivity index (χ3n) is 6.57. The number of carbonyl (C=O) groups is 1. The summed E-state index contributed by atoms with van der Waals surface area (Å²) < 4.78 is 22.0. The largest absolute Gasteiger partial charge is 0.466 e. The van der Waals surface area contributed by atoms with E-state index in [9.17, 15) is 4.79 Å². The van der Waals surface area contributed by atoms with Crippen LogP contribution in [0.1, 0.15) is 38.2 Å². The van der Waals surface area contributed by atoms with Crippen molar-refractivity contribution < 1.29 is 23.7 Å². The minimum absolute atomic E-state index is 0.0779. The number of benzene rings is 1. The van der Waals surface area contributed by atoms with Gasteiger partial charge in [0.05, 0.1) is 12.5 Å². The van der Waals surface area contributed by atoms with Crippen LogP contribution in [0, 0.1) is 5.92 Å². The van der Waals surface area contributed by atoms with Crippen molar-refractivity contribution in [2.24, 2.45) is 10.9 Å². The highest BCUT2D eigenvalue weighted by Crippen LogP contribution is 2.40. The molecule has 1 atom stereocenters. The average Bonchev–Trinajstić information content (AvgIpc) is 3.28. The van der Waals surface area contributed by atoms with Gasteiger partial charge in [0.2, 0.25) is 6.79 Å². The number of carbonyl (C=O) groups excluding carboxylic acids is 1. The molecule has 0 saturated carbocycles. The fourth-order valence-electron chi connectivity index (χ4n) is 4.76. The molecule has 3 aliphatic heterocycles. The van der Waals surface area contributed by atoms with Crippen LogP contribution >= 0.6 is 0 Å². The van der Waals surface area contributed by atoms with Gasteiger partial charge in [-0.2, -0.15) is 0 Å². The molecule has 0 bridgehead atoms. The minimum atomic E-state index is -0.107. The van der Waals surface area contributed by atoms with Gasteiger partial charge < -0.3 is 29.2 Å². The first-order valence-electron chi connectivity index (χ1n) is 11.3. The summed E-state index contributed by atoms with van der Waals surface area (Å²) in [6, 6.07) is 6.25. The molecule has 4 rings (SSSR count). The van der Waals surface area contributed by atoms with Gasteiger partial charge in [-0.05, 0) is 50.3 Å². The zero-order valence-corrected chi connectivity index (χ0v) is 18.5. The van der Waals surface area contributed by atoms with Crippen LogP contribution < -0.4 is 14.8 Å². The average molecular weight is 432 g/mol. The second-order valence-corrected chi connectivity index (χ2v) is 8.40. The third-order valence-corrected chi connectivity index (χ3v) is 6.57. The van der Waals surface area contributed by atoms with Crippen molar-refractivity contribution in [3.8, 4) is 11.5 Å².